The summed E-state index contributed by atoms with van der Waals surface area (Å²) in [4.78, 5) is 12.1. The van der Waals surface area contributed by atoms with Crippen molar-refractivity contribution in [3.05, 3.63) is 42.7 Å². The summed E-state index contributed by atoms with van der Waals surface area (Å²) in [7, 11) is 0. The molecule has 0 atom stereocenters. The first kappa shape index (κ1) is 12.9. The van der Waals surface area contributed by atoms with E-state index < -0.39 is 0 Å². The van der Waals surface area contributed by atoms with Gasteiger partial charge in [-0.3, -0.25) is 4.79 Å². The van der Waals surface area contributed by atoms with Crippen LogP contribution in [0.1, 0.15) is 12.8 Å². The van der Waals surface area contributed by atoms with E-state index in [9.17, 15) is 4.79 Å². The summed E-state index contributed by atoms with van der Waals surface area (Å²) >= 11 is 0. The molecule has 1 aromatic carbocycles. The molecule has 1 fully saturated rings. The number of rotatable bonds is 3. The van der Waals surface area contributed by atoms with Gasteiger partial charge in [0.2, 0.25) is 5.91 Å². The topological polar surface area (TPSA) is 59.0 Å². The number of hydrogen-bond acceptors (Lipinski definition) is 3. The molecule has 1 aliphatic rings. The summed E-state index contributed by atoms with van der Waals surface area (Å²) in [6, 6.07) is 9.85. The fraction of sp³-hybridized carbons (Fsp3) is 0.333. The molecule has 0 unspecified atom stereocenters. The standard InChI is InChI=1S/C15H18N4O/c20-15(12-6-8-16-9-7-12)18-13-10-17-19(11-13)14-4-2-1-3-5-14/h1-5,10-12,16H,6-9H2,(H,18,20). The van der Waals surface area contributed by atoms with E-state index >= 15 is 0 Å². The van der Waals surface area contributed by atoms with Crippen LogP contribution in [0.15, 0.2) is 42.7 Å². The number of carbonyl (C=O) groups is 1. The summed E-state index contributed by atoms with van der Waals surface area (Å²) in [6.45, 7) is 1.84. The molecule has 2 aromatic rings. The van der Waals surface area contributed by atoms with Crippen molar-refractivity contribution in [2.45, 2.75) is 12.8 Å². The van der Waals surface area contributed by atoms with Crippen LogP contribution in [0.2, 0.25) is 0 Å². The third-order valence-corrected chi connectivity index (χ3v) is 3.58. The molecular formula is C15H18N4O. The molecule has 0 radical (unpaired) electrons. The minimum atomic E-state index is 0.0964. The lowest BCUT2D eigenvalue weighted by molar-refractivity contribution is -0.120. The third-order valence-electron chi connectivity index (χ3n) is 3.58. The van der Waals surface area contributed by atoms with Gasteiger partial charge in [0.05, 0.1) is 23.8 Å². The van der Waals surface area contributed by atoms with Gasteiger partial charge in [-0.2, -0.15) is 5.10 Å². The van der Waals surface area contributed by atoms with Gasteiger partial charge >= 0.3 is 0 Å². The molecule has 0 saturated carbocycles. The third kappa shape index (κ3) is 2.88. The molecule has 104 valence electrons. The van der Waals surface area contributed by atoms with E-state index in [1.165, 1.54) is 0 Å². The fourth-order valence-electron chi connectivity index (χ4n) is 2.44. The molecule has 0 bridgehead atoms. The molecule has 2 N–H and O–H groups in total. The lowest BCUT2D eigenvalue weighted by Crippen LogP contribution is -2.34. The minimum Gasteiger partial charge on any atom is -0.323 e. The van der Waals surface area contributed by atoms with Gasteiger partial charge in [0.1, 0.15) is 0 Å². The Morgan fingerprint density at radius 2 is 2.00 bits per heavy atom. The van der Waals surface area contributed by atoms with Crippen LogP contribution in [0.4, 0.5) is 5.69 Å². The van der Waals surface area contributed by atoms with Crippen molar-refractivity contribution in [1.29, 1.82) is 0 Å². The quantitative estimate of drug-likeness (QED) is 0.894. The number of para-hydroxylation sites is 1. The molecular weight excluding hydrogens is 252 g/mol. The van der Waals surface area contributed by atoms with Crippen LogP contribution >= 0.6 is 0 Å². The average molecular weight is 270 g/mol. The van der Waals surface area contributed by atoms with Crippen molar-refractivity contribution in [3.63, 3.8) is 0 Å². The van der Waals surface area contributed by atoms with E-state index in [1.807, 2.05) is 36.5 Å². The summed E-state index contributed by atoms with van der Waals surface area (Å²) < 4.78 is 1.76. The number of aromatic nitrogens is 2. The highest BCUT2D eigenvalue weighted by Crippen LogP contribution is 2.16. The smallest absolute Gasteiger partial charge is 0.227 e. The number of piperidine rings is 1. The van der Waals surface area contributed by atoms with Gasteiger partial charge in [0.15, 0.2) is 0 Å². The Kier molecular flexibility index (Phi) is 3.78. The zero-order valence-corrected chi connectivity index (χ0v) is 11.2. The summed E-state index contributed by atoms with van der Waals surface area (Å²) in [6.07, 6.45) is 5.33. The second kappa shape index (κ2) is 5.88. The summed E-state index contributed by atoms with van der Waals surface area (Å²) in [5.74, 6) is 0.204. The maximum Gasteiger partial charge on any atom is 0.227 e. The Morgan fingerprint density at radius 3 is 2.75 bits per heavy atom. The Morgan fingerprint density at radius 1 is 1.25 bits per heavy atom. The van der Waals surface area contributed by atoms with Crippen molar-refractivity contribution in [2.75, 3.05) is 18.4 Å². The Balaban J connectivity index is 1.66. The first-order valence-corrected chi connectivity index (χ1v) is 6.94. The molecule has 0 aliphatic carbocycles. The van der Waals surface area contributed by atoms with Gasteiger partial charge < -0.3 is 10.6 Å². The van der Waals surface area contributed by atoms with E-state index in [2.05, 4.69) is 15.7 Å². The molecule has 5 heteroatoms. The summed E-state index contributed by atoms with van der Waals surface area (Å²) in [5.41, 5.74) is 1.73. The average Bonchev–Trinajstić information content (AvgIpc) is 2.97. The van der Waals surface area contributed by atoms with Crippen molar-refractivity contribution in [1.82, 2.24) is 15.1 Å². The number of anilines is 1. The van der Waals surface area contributed by atoms with E-state index in [1.54, 1.807) is 10.9 Å². The molecule has 3 rings (SSSR count). The number of nitrogens with zero attached hydrogens (tertiary/aromatic N) is 2. The van der Waals surface area contributed by atoms with Gasteiger partial charge in [-0.1, -0.05) is 18.2 Å². The van der Waals surface area contributed by atoms with Crippen LogP contribution in [0, 0.1) is 5.92 Å². The highest BCUT2D eigenvalue weighted by atomic mass is 16.1. The molecule has 1 saturated heterocycles. The SMILES string of the molecule is O=C(Nc1cnn(-c2ccccc2)c1)C1CCNCC1. The largest absolute Gasteiger partial charge is 0.323 e. The molecule has 2 heterocycles. The number of nitrogens with one attached hydrogen (secondary N) is 2. The Hall–Kier alpha value is -2.14. The summed E-state index contributed by atoms with van der Waals surface area (Å²) in [5, 5.41) is 10.5. The van der Waals surface area contributed by atoms with Crippen LogP contribution < -0.4 is 10.6 Å². The van der Waals surface area contributed by atoms with E-state index in [-0.39, 0.29) is 11.8 Å². The molecule has 1 amide bonds. The van der Waals surface area contributed by atoms with E-state index in [4.69, 9.17) is 0 Å². The van der Waals surface area contributed by atoms with Crippen LogP contribution in [-0.2, 0) is 4.79 Å². The van der Waals surface area contributed by atoms with Crippen LogP contribution in [0.25, 0.3) is 5.69 Å². The lowest BCUT2D eigenvalue weighted by atomic mass is 9.97. The Labute approximate surface area is 118 Å². The maximum atomic E-state index is 12.1. The van der Waals surface area contributed by atoms with Gasteiger partial charge in [-0.25, -0.2) is 4.68 Å². The first-order valence-electron chi connectivity index (χ1n) is 6.94. The molecule has 20 heavy (non-hydrogen) atoms. The highest BCUT2D eigenvalue weighted by molar-refractivity contribution is 5.92. The first-order chi connectivity index (χ1) is 9.83. The van der Waals surface area contributed by atoms with Crippen molar-refractivity contribution in [2.24, 2.45) is 5.92 Å². The number of benzene rings is 1. The predicted molar refractivity (Wildman–Crippen MR) is 77.8 cm³/mol. The predicted octanol–water partition coefficient (Wildman–Crippen LogP) is 1.81. The van der Waals surface area contributed by atoms with Gasteiger partial charge in [-0.15, -0.1) is 0 Å². The number of carbonyl (C=O) groups excluding carboxylic acids is 1. The second-order valence-corrected chi connectivity index (χ2v) is 5.02. The van der Waals surface area contributed by atoms with Gasteiger partial charge in [0.25, 0.3) is 0 Å². The van der Waals surface area contributed by atoms with E-state index in [0.717, 1.165) is 37.3 Å². The monoisotopic (exact) mass is 270 g/mol. The Bertz CT molecular complexity index is 573. The molecule has 1 aliphatic heterocycles. The van der Waals surface area contributed by atoms with Crippen molar-refractivity contribution in [3.8, 4) is 5.69 Å². The fourth-order valence-corrected chi connectivity index (χ4v) is 2.44. The van der Waals surface area contributed by atoms with Crippen molar-refractivity contribution >= 4 is 11.6 Å². The maximum absolute atomic E-state index is 12.1. The lowest BCUT2D eigenvalue weighted by Gasteiger charge is -2.21. The second-order valence-electron chi connectivity index (χ2n) is 5.02. The zero-order chi connectivity index (χ0) is 13.8. The van der Waals surface area contributed by atoms with Gasteiger partial charge in [0, 0.05) is 5.92 Å². The van der Waals surface area contributed by atoms with Gasteiger partial charge in [-0.05, 0) is 38.1 Å². The number of amides is 1. The molecule has 5 nitrogen and oxygen atoms in total. The molecule has 1 aromatic heterocycles. The van der Waals surface area contributed by atoms with E-state index in [0.29, 0.717) is 0 Å². The van der Waals surface area contributed by atoms with Crippen LogP contribution in [-0.4, -0.2) is 28.8 Å². The number of hydrogen-bond donors (Lipinski definition) is 2. The molecule has 0 spiro atoms. The minimum absolute atomic E-state index is 0.0964. The van der Waals surface area contributed by atoms with Crippen LogP contribution in [0.3, 0.4) is 0 Å². The zero-order valence-electron chi connectivity index (χ0n) is 11.2. The van der Waals surface area contributed by atoms with Crippen molar-refractivity contribution < 1.29 is 4.79 Å². The van der Waals surface area contributed by atoms with Crippen LogP contribution in [0.5, 0.6) is 0 Å². The normalized spacial score (nSPS) is 16.0. The highest BCUT2D eigenvalue weighted by Gasteiger charge is 2.21.